The Morgan fingerprint density at radius 3 is 2.36 bits per heavy atom. The van der Waals surface area contributed by atoms with E-state index < -0.39 is 0 Å². The zero-order chi connectivity index (χ0) is 39.2. The number of likely N-dealkylation sites (tertiary alicyclic amines) is 2. The van der Waals surface area contributed by atoms with Crippen LogP contribution in [0.15, 0.2) is 81.2 Å². The van der Waals surface area contributed by atoms with Gasteiger partial charge in [-0.25, -0.2) is 9.97 Å². The third-order valence-electron chi connectivity index (χ3n) is 11.3. The summed E-state index contributed by atoms with van der Waals surface area (Å²) in [7, 11) is 1.83. The molecule has 1 saturated carbocycles. The average molecular weight is 792 g/mol. The second-order valence-corrected chi connectivity index (χ2v) is 18.8. The number of thioether (sulfide) groups is 1. The molecule has 4 heterocycles. The topological polar surface area (TPSA) is 119 Å². The van der Waals surface area contributed by atoms with Crippen LogP contribution in [-0.2, 0) is 27.3 Å². The van der Waals surface area contributed by atoms with E-state index in [1.807, 2.05) is 49.8 Å². The van der Waals surface area contributed by atoms with Gasteiger partial charge >= 0.3 is 0 Å². The molecular weight excluding hydrogens is 739 g/mol. The van der Waals surface area contributed by atoms with Crippen molar-refractivity contribution in [2.24, 2.45) is 11.8 Å². The van der Waals surface area contributed by atoms with Gasteiger partial charge in [-0.2, -0.15) is 5.26 Å². The summed E-state index contributed by atoms with van der Waals surface area (Å²) in [5, 5.41) is 13.6. The summed E-state index contributed by atoms with van der Waals surface area (Å²) in [4.78, 5) is 42.5. The number of nitrogens with zero attached hydrogens (tertiary/aromatic N) is 6. The van der Waals surface area contributed by atoms with E-state index >= 15 is 0 Å². The number of amides is 2. The van der Waals surface area contributed by atoms with Crippen molar-refractivity contribution in [3.05, 3.63) is 101 Å². The van der Waals surface area contributed by atoms with E-state index in [9.17, 15) is 14.9 Å². The van der Waals surface area contributed by atoms with Crippen molar-refractivity contribution in [3.8, 4) is 6.07 Å². The number of nitrogens with one attached hydrogen (secondary N) is 1. The molecule has 294 valence electrons. The zero-order valence-electron chi connectivity index (χ0n) is 32.9. The molecule has 2 aliphatic heterocycles. The van der Waals surface area contributed by atoms with Crippen LogP contribution in [0.2, 0.25) is 0 Å². The molecule has 2 aromatic heterocycles. The maximum absolute atomic E-state index is 13.5. The van der Waals surface area contributed by atoms with E-state index in [0.29, 0.717) is 28.7 Å². The Balaban J connectivity index is 0.834. The van der Waals surface area contributed by atoms with Gasteiger partial charge in [0.05, 0.1) is 28.4 Å². The van der Waals surface area contributed by atoms with Crippen LogP contribution in [-0.4, -0.2) is 75.8 Å². The van der Waals surface area contributed by atoms with Crippen LogP contribution < -0.4 is 5.32 Å². The molecule has 12 heteroatoms. The first-order valence-electron chi connectivity index (χ1n) is 19.9. The summed E-state index contributed by atoms with van der Waals surface area (Å²) in [5.74, 6) is 2.47. The molecule has 56 heavy (non-hydrogen) atoms. The molecule has 4 aromatic rings. The predicted octanol–water partition coefficient (Wildman–Crippen LogP) is 8.55. The van der Waals surface area contributed by atoms with Crippen molar-refractivity contribution in [2.75, 3.05) is 38.5 Å². The number of likely N-dealkylation sites (N-methyl/N-ethyl adjacent to an activating group) is 1. The summed E-state index contributed by atoms with van der Waals surface area (Å²) in [6.45, 7) is 11.2. The van der Waals surface area contributed by atoms with Crippen molar-refractivity contribution in [2.45, 2.75) is 93.3 Å². The van der Waals surface area contributed by atoms with Crippen LogP contribution in [0.3, 0.4) is 0 Å². The fourth-order valence-corrected chi connectivity index (χ4v) is 9.62. The van der Waals surface area contributed by atoms with Gasteiger partial charge in [0.2, 0.25) is 11.8 Å². The fourth-order valence-electron chi connectivity index (χ4n) is 7.89. The van der Waals surface area contributed by atoms with E-state index in [1.54, 1.807) is 22.7 Å². The largest absolute Gasteiger partial charge is 0.444 e. The van der Waals surface area contributed by atoms with Crippen LogP contribution in [0.5, 0.6) is 0 Å². The van der Waals surface area contributed by atoms with E-state index in [4.69, 9.17) is 4.42 Å². The fraction of sp³-hybridized carbons (Fsp3) is 0.477. The molecule has 10 nitrogen and oxygen atoms in total. The molecule has 0 spiro atoms. The van der Waals surface area contributed by atoms with Gasteiger partial charge in [0.15, 0.2) is 5.13 Å². The van der Waals surface area contributed by atoms with Crippen molar-refractivity contribution < 1.29 is 14.0 Å². The van der Waals surface area contributed by atoms with Gasteiger partial charge < -0.3 is 19.5 Å². The average Bonchev–Trinajstić information content (AvgIpc) is 3.72. The molecule has 2 aromatic carbocycles. The van der Waals surface area contributed by atoms with Crippen LogP contribution in [0.4, 0.5) is 5.13 Å². The van der Waals surface area contributed by atoms with Gasteiger partial charge in [-0.15, -0.1) is 11.8 Å². The van der Waals surface area contributed by atoms with Crippen molar-refractivity contribution >= 4 is 46.1 Å². The second kappa shape index (κ2) is 17.9. The quantitative estimate of drug-likeness (QED) is 0.0808. The molecule has 3 aliphatic rings. The van der Waals surface area contributed by atoms with Crippen LogP contribution in [0.1, 0.15) is 93.7 Å². The minimum atomic E-state index is -0.234. The van der Waals surface area contributed by atoms with E-state index in [-0.39, 0.29) is 34.8 Å². The Kier molecular flexibility index (Phi) is 12.8. The minimum absolute atomic E-state index is 0.00835. The highest BCUT2D eigenvalue weighted by Crippen LogP contribution is 2.44. The first-order valence-corrected chi connectivity index (χ1v) is 21.7. The normalized spacial score (nSPS) is 18.4. The Morgan fingerprint density at radius 2 is 1.71 bits per heavy atom. The predicted molar refractivity (Wildman–Crippen MR) is 223 cm³/mol. The lowest BCUT2D eigenvalue weighted by Crippen LogP contribution is -2.48. The lowest BCUT2D eigenvalue weighted by molar-refractivity contribution is -0.128. The van der Waals surface area contributed by atoms with Crippen LogP contribution in [0.25, 0.3) is 6.08 Å². The number of carbonyl (C=O) groups is 2. The Hall–Kier alpha value is -4.28. The van der Waals surface area contributed by atoms with Crippen LogP contribution >= 0.6 is 23.1 Å². The Labute approximate surface area is 339 Å². The monoisotopic (exact) mass is 791 g/mol. The highest BCUT2D eigenvalue weighted by molar-refractivity contribution is 8.00. The number of carbonyl (C=O) groups excluding carboxylic acids is 2. The summed E-state index contributed by atoms with van der Waals surface area (Å²) in [6, 6.07) is 21.0. The molecular formula is C44H53N7O3S2. The number of anilines is 1. The Morgan fingerprint density at radius 1 is 1.00 bits per heavy atom. The van der Waals surface area contributed by atoms with E-state index in [2.05, 4.69) is 76.2 Å². The minimum Gasteiger partial charge on any atom is -0.444 e. The van der Waals surface area contributed by atoms with Crippen molar-refractivity contribution in [1.82, 2.24) is 24.7 Å². The number of aromatic nitrogens is 2. The molecule has 0 radical (unpaired) electrons. The van der Waals surface area contributed by atoms with Crippen molar-refractivity contribution in [3.63, 3.8) is 0 Å². The number of oxazole rings is 1. The maximum Gasteiger partial charge on any atom is 0.264 e. The molecule has 1 atom stereocenters. The number of hydrogen-bond donors (Lipinski definition) is 1. The lowest BCUT2D eigenvalue weighted by Gasteiger charge is -2.41. The first-order chi connectivity index (χ1) is 27.0. The van der Waals surface area contributed by atoms with Gasteiger partial charge in [-0.1, -0.05) is 86.7 Å². The van der Waals surface area contributed by atoms with E-state index in [0.717, 1.165) is 92.3 Å². The zero-order valence-corrected chi connectivity index (χ0v) is 34.6. The van der Waals surface area contributed by atoms with Gasteiger partial charge in [0, 0.05) is 31.0 Å². The third-order valence-corrected chi connectivity index (χ3v) is 13.4. The molecule has 2 amide bonds. The number of benzene rings is 2. The van der Waals surface area contributed by atoms with Gasteiger partial charge in [-0.3, -0.25) is 14.5 Å². The van der Waals surface area contributed by atoms with Gasteiger partial charge in [-0.05, 0) is 93.4 Å². The summed E-state index contributed by atoms with van der Waals surface area (Å²) >= 11 is 3.12. The third kappa shape index (κ3) is 10.2. The van der Waals surface area contributed by atoms with Gasteiger partial charge in [0.1, 0.15) is 17.4 Å². The molecule has 1 N–H and O–H groups in total. The Bertz CT molecular complexity index is 2010. The summed E-state index contributed by atoms with van der Waals surface area (Å²) in [5.41, 5.74) is 3.34. The molecule has 7 rings (SSSR count). The first kappa shape index (κ1) is 39.9. The number of hydrogen-bond acceptors (Lipinski definition) is 10. The summed E-state index contributed by atoms with van der Waals surface area (Å²) in [6.07, 6.45) is 11.5. The molecule has 0 bridgehead atoms. The standard InChI is InChI=1S/C44H53N7O3S2/c1-44(2,3)37-26-46-38(54-37)29-55-39-27-47-43(56-39)48-41(52)34-16-22-51(23-17-34)36-18-20-50(21-19-36)28-31-10-12-32(13-11-31)40(33-14-15-33)49(4)42(53)35(25-45)24-30-8-6-5-7-9-30/h5-13,24,26-27,33-34,36,40H,14-23,28-29H2,1-4H3,(H,47,48,52)/b35-24-. The van der Waals surface area contributed by atoms with Crippen molar-refractivity contribution in [1.29, 1.82) is 5.26 Å². The number of thiazole rings is 1. The highest BCUT2D eigenvalue weighted by atomic mass is 32.2. The molecule has 1 aliphatic carbocycles. The number of piperidine rings is 2. The van der Waals surface area contributed by atoms with Crippen LogP contribution in [0, 0.1) is 23.2 Å². The molecule has 3 fully saturated rings. The number of rotatable bonds is 13. The molecule has 1 unspecified atom stereocenters. The summed E-state index contributed by atoms with van der Waals surface area (Å²) < 4.78 is 6.93. The lowest BCUT2D eigenvalue weighted by atomic mass is 9.92. The van der Waals surface area contributed by atoms with Gasteiger partial charge in [0.25, 0.3) is 5.91 Å². The SMILES string of the molecule is CN(C(=O)/C(C#N)=C\c1ccccc1)C(c1ccc(CN2CCC(N3CCC(C(=O)Nc4ncc(SCc5ncc(C(C)(C)C)o5)s4)CC3)CC2)cc1)C1CC1. The smallest absolute Gasteiger partial charge is 0.264 e. The maximum atomic E-state index is 13.5. The molecule has 2 saturated heterocycles. The second-order valence-electron chi connectivity index (χ2n) is 16.5. The highest BCUT2D eigenvalue weighted by Gasteiger charge is 2.38. The van der Waals surface area contributed by atoms with E-state index in [1.165, 1.54) is 16.9 Å². The number of nitriles is 1.